The fourth-order valence-corrected chi connectivity index (χ4v) is 4.05. The third-order valence-electron chi connectivity index (χ3n) is 6.83. The van der Waals surface area contributed by atoms with Crippen LogP contribution >= 0.6 is 0 Å². The summed E-state index contributed by atoms with van der Waals surface area (Å²) in [5.41, 5.74) is 1.50. The number of rotatable bonds is 1. The molecule has 0 spiro atoms. The van der Waals surface area contributed by atoms with Crippen LogP contribution in [0.4, 0.5) is 0 Å². The molecular weight excluding hydrogens is 235 g/mol. The van der Waals surface area contributed by atoms with E-state index >= 15 is 0 Å². The quantitative estimate of drug-likeness (QED) is 0.665. The van der Waals surface area contributed by atoms with Gasteiger partial charge in [-0.1, -0.05) is 26.8 Å². The van der Waals surface area contributed by atoms with Crippen LogP contribution in [0.5, 0.6) is 0 Å². The Kier molecular flexibility index (Phi) is 2.51. The lowest BCUT2D eigenvalue weighted by Crippen LogP contribution is -2.41. The molecule has 0 aromatic rings. The molecule has 2 atom stereocenters. The molecule has 19 heavy (non-hydrogen) atoms. The van der Waals surface area contributed by atoms with Gasteiger partial charge in [-0.05, 0) is 62.8 Å². The summed E-state index contributed by atoms with van der Waals surface area (Å²) >= 11 is 0. The predicted molar refractivity (Wildman–Crippen MR) is 78.8 cm³/mol. The highest BCUT2D eigenvalue weighted by Crippen LogP contribution is 2.66. The van der Waals surface area contributed by atoms with E-state index in [9.17, 15) is 0 Å². The predicted octanol–water partition coefficient (Wildman–Crippen LogP) is 4.00. The van der Waals surface area contributed by atoms with E-state index in [1.54, 1.807) is 0 Å². The van der Waals surface area contributed by atoms with E-state index in [-0.39, 0.29) is 23.7 Å². The van der Waals surface area contributed by atoms with E-state index in [1.165, 1.54) is 18.3 Å². The zero-order chi connectivity index (χ0) is 14.3. The molecule has 2 bridgehead atoms. The zero-order valence-corrected chi connectivity index (χ0v) is 13.5. The van der Waals surface area contributed by atoms with E-state index < -0.39 is 0 Å². The van der Waals surface area contributed by atoms with Crippen LogP contribution in [0.1, 0.15) is 61.3 Å². The first-order chi connectivity index (χ1) is 8.51. The number of fused-ring (bicyclic) bond motifs is 2. The first-order valence-corrected chi connectivity index (χ1v) is 7.59. The van der Waals surface area contributed by atoms with Gasteiger partial charge < -0.3 is 9.31 Å². The summed E-state index contributed by atoms with van der Waals surface area (Å²) in [7, 11) is -0.153. The Hall–Kier alpha value is -0.275. The van der Waals surface area contributed by atoms with E-state index in [0.717, 1.165) is 0 Å². The van der Waals surface area contributed by atoms with Crippen molar-refractivity contribution in [3.8, 4) is 0 Å². The van der Waals surface area contributed by atoms with Crippen LogP contribution < -0.4 is 0 Å². The van der Waals surface area contributed by atoms with Crippen molar-refractivity contribution in [1.29, 1.82) is 0 Å². The van der Waals surface area contributed by atoms with Gasteiger partial charge in [-0.15, -0.1) is 0 Å². The third kappa shape index (κ3) is 1.52. The van der Waals surface area contributed by atoms with Gasteiger partial charge >= 0.3 is 7.12 Å². The standard InChI is InChI=1S/C16H27BO2/c1-13(2)11-8-9-16(13,7)12(10-11)17-18-14(3,4)15(5,6)19-17/h10-11H,8-9H2,1-7H3/t11?,16-/m0/s1. The van der Waals surface area contributed by atoms with Crippen LogP contribution in [0.25, 0.3) is 0 Å². The maximum Gasteiger partial charge on any atom is 0.490 e. The summed E-state index contributed by atoms with van der Waals surface area (Å²) in [6.07, 6.45) is 5.03. The number of hydrogen-bond donors (Lipinski definition) is 0. The minimum atomic E-state index is -0.235. The molecule has 1 saturated heterocycles. The van der Waals surface area contributed by atoms with Gasteiger partial charge in [0, 0.05) is 0 Å². The summed E-state index contributed by atoms with van der Waals surface area (Å²) < 4.78 is 12.5. The lowest BCUT2D eigenvalue weighted by molar-refractivity contribution is 0.00578. The van der Waals surface area contributed by atoms with Gasteiger partial charge in [-0.25, -0.2) is 0 Å². The Labute approximate surface area is 118 Å². The Morgan fingerprint density at radius 1 is 1.00 bits per heavy atom. The Bertz CT molecular complexity index is 434. The van der Waals surface area contributed by atoms with Crippen molar-refractivity contribution in [2.45, 2.75) is 72.5 Å². The Morgan fingerprint density at radius 3 is 1.89 bits per heavy atom. The van der Waals surface area contributed by atoms with Gasteiger partial charge in [0.15, 0.2) is 0 Å². The van der Waals surface area contributed by atoms with Gasteiger partial charge in [0.05, 0.1) is 11.2 Å². The molecule has 0 aromatic carbocycles. The van der Waals surface area contributed by atoms with Gasteiger partial charge in [0.2, 0.25) is 0 Å². The maximum absolute atomic E-state index is 6.27. The largest absolute Gasteiger partial charge is 0.490 e. The molecule has 2 fully saturated rings. The normalized spacial score (nSPS) is 41.7. The Balaban J connectivity index is 1.93. The minimum absolute atomic E-state index is 0.153. The summed E-state index contributed by atoms with van der Waals surface area (Å²) in [6, 6.07) is 0. The van der Waals surface area contributed by atoms with E-state index in [0.29, 0.717) is 11.3 Å². The number of allylic oxidation sites excluding steroid dienone is 2. The second-order valence-electron chi connectivity index (χ2n) is 8.41. The fraction of sp³-hybridized carbons (Fsp3) is 0.875. The van der Waals surface area contributed by atoms with Crippen LogP contribution in [0.2, 0.25) is 0 Å². The highest BCUT2D eigenvalue weighted by molar-refractivity contribution is 6.55. The smallest absolute Gasteiger partial charge is 0.400 e. The summed E-state index contributed by atoms with van der Waals surface area (Å²) in [5.74, 6) is 0.687. The van der Waals surface area contributed by atoms with E-state index in [4.69, 9.17) is 9.31 Å². The average molecular weight is 262 g/mol. The molecule has 2 nitrogen and oxygen atoms in total. The molecule has 1 unspecified atom stereocenters. The molecule has 3 heteroatoms. The lowest BCUT2D eigenvalue weighted by Gasteiger charge is -2.38. The Morgan fingerprint density at radius 2 is 1.53 bits per heavy atom. The first-order valence-electron chi connectivity index (χ1n) is 7.59. The molecule has 2 aliphatic carbocycles. The van der Waals surface area contributed by atoms with Crippen molar-refractivity contribution < 1.29 is 9.31 Å². The number of hydrogen-bond acceptors (Lipinski definition) is 2. The van der Waals surface area contributed by atoms with Crippen molar-refractivity contribution in [2.75, 3.05) is 0 Å². The molecule has 0 aromatic heterocycles. The molecule has 3 rings (SSSR count). The van der Waals surface area contributed by atoms with Crippen molar-refractivity contribution in [3.63, 3.8) is 0 Å². The highest BCUT2D eigenvalue weighted by Gasteiger charge is 2.63. The third-order valence-corrected chi connectivity index (χ3v) is 6.83. The molecule has 0 N–H and O–H groups in total. The molecule has 1 saturated carbocycles. The van der Waals surface area contributed by atoms with Gasteiger partial charge in [0.25, 0.3) is 0 Å². The van der Waals surface area contributed by atoms with Crippen LogP contribution in [0.15, 0.2) is 11.5 Å². The highest BCUT2D eigenvalue weighted by atomic mass is 16.7. The van der Waals surface area contributed by atoms with Crippen molar-refractivity contribution in [2.24, 2.45) is 16.7 Å². The van der Waals surface area contributed by atoms with Crippen molar-refractivity contribution >= 4 is 7.12 Å². The second-order valence-corrected chi connectivity index (χ2v) is 8.41. The monoisotopic (exact) mass is 262 g/mol. The van der Waals surface area contributed by atoms with E-state index in [1.807, 2.05) is 0 Å². The molecule has 3 aliphatic rings. The van der Waals surface area contributed by atoms with Crippen molar-refractivity contribution in [3.05, 3.63) is 11.5 Å². The summed E-state index contributed by atoms with van der Waals surface area (Å²) in [6.45, 7) is 15.7. The lowest BCUT2D eigenvalue weighted by atomic mass is 9.57. The summed E-state index contributed by atoms with van der Waals surface area (Å²) in [4.78, 5) is 0. The van der Waals surface area contributed by atoms with E-state index in [2.05, 4.69) is 54.5 Å². The van der Waals surface area contributed by atoms with Crippen LogP contribution in [0, 0.1) is 16.7 Å². The molecule has 106 valence electrons. The summed E-state index contributed by atoms with van der Waals surface area (Å²) in [5, 5.41) is 0. The first kappa shape index (κ1) is 13.7. The fourth-order valence-electron chi connectivity index (χ4n) is 4.05. The van der Waals surface area contributed by atoms with Gasteiger partial charge in [0.1, 0.15) is 0 Å². The second kappa shape index (κ2) is 3.48. The average Bonchev–Trinajstić information content (AvgIpc) is 2.68. The molecular formula is C16H27BO2. The van der Waals surface area contributed by atoms with Crippen LogP contribution in [0.3, 0.4) is 0 Å². The van der Waals surface area contributed by atoms with Gasteiger partial charge in [-0.3, -0.25) is 0 Å². The minimum Gasteiger partial charge on any atom is -0.400 e. The van der Waals surface area contributed by atoms with Crippen LogP contribution in [-0.4, -0.2) is 18.3 Å². The topological polar surface area (TPSA) is 18.5 Å². The van der Waals surface area contributed by atoms with Gasteiger partial charge in [-0.2, -0.15) is 0 Å². The van der Waals surface area contributed by atoms with Crippen LogP contribution in [-0.2, 0) is 9.31 Å². The zero-order valence-electron chi connectivity index (χ0n) is 13.5. The molecule has 1 heterocycles. The molecule has 0 radical (unpaired) electrons. The SMILES string of the molecule is CC1(C)OB(C2=CC3CC[C@]2(C)C3(C)C)OC1(C)C. The molecule has 1 aliphatic heterocycles. The van der Waals surface area contributed by atoms with Crippen molar-refractivity contribution in [1.82, 2.24) is 0 Å². The molecule has 0 amide bonds. The maximum atomic E-state index is 6.27.